The maximum Gasteiger partial charge on any atom is 0.270 e. The first kappa shape index (κ1) is 21.7. The quantitative estimate of drug-likeness (QED) is 0.241. The summed E-state index contributed by atoms with van der Waals surface area (Å²) in [5.74, 6) is 0.402. The maximum absolute atomic E-state index is 12.4. The Morgan fingerprint density at radius 2 is 1.97 bits per heavy atom. The molecule has 2 heterocycles. The van der Waals surface area contributed by atoms with Crippen LogP contribution in [0.15, 0.2) is 59.1 Å². The summed E-state index contributed by atoms with van der Waals surface area (Å²) in [7, 11) is 1.75. The predicted octanol–water partition coefficient (Wildman–Crippen LogP) is 4.55. The number of nitro benzene ring substituents is 1. The normalized spacial score (nSPS) is 10.8. The number of carbonyl (C=O) groups is 1. The minimum atomic E-state index is -0.456. The van der Waals surface area contributed by atoms with Gasteiger partial charge in [-0.3, -0.25) is 14.9 Å². The molecule has 0 unspecified atom stereocenters. The monoisotopic (exact) mass is 466 g/mol. The largest absolute Gasteiger partial charge is 0.305 e. The number of amides is 1. The van der Waals surface area contributed by atoms with Gasteiger partial charge in [0.1, 0.15) is 0 Å². The summed E-state index contributed by atoms with van der Waals surface area (Å²) < 4.78 is 1.70. The number of thiazole rings is 1. The number of nitrogens with zero attached hydrogens (tertiary/aromatic N) is 5. The number of anilines is 1. The summed E-state index contributed by atoms with van der Waals surface area (Å²) in [6.45, 7) is 2.03. The van der Waals surface area contributed by atoms with Crippen molar-refractivity contribution < 1.29 is 9.72 Å². The predicted molar refractivity (Wildman–Crippen MR) is 125 cm³/mol. The highest BCUT2D eigenvalue weighted by atomic mass is 32.2. The lowest BCUT2D eigenvalue weighted by Crippen LogP contribution is -2.14. The van der Waals surface area contributed by atoms with Crippen molar-refractivity contribution in [3.8, 4) is 22.6 Å². The van der Waals surface area contributed by atoms with Crippen LogP contribution in [0.1, 0.15) is 5.56 Å². The molecule has 9 nitrogen and oxygen atoms in total. The summed E-state index contributed by atoms with van der Waals surface area (Å²) in [5.41, 5.74) is 3.54. The molecule has 11 heteroatoms. The van der Waals surface area contributed by atoms with Crippen LogP contribution >= 0.6 is 23.1 Å². The van der Waals surface area contributed by atoms with E-state index < -0.39 is 4.92 Å². The van der Waals surface area contributed by atoms with E-state index in [1.165, 1.54) is 40.8 Å². The molecule has 0 atom stereocenters. The van der Waals surface area contributed by atoms with Crippen molar-refractivity contribution in [2.24, 2.45) is 7.05 Å². The average molecular weight is 467 g/mol. The van der Waals surface area contributed by atoms with Crippen LogP contribution in [-0.4, -0.2) is 36.3 Å². The molecule has 0 bridgehead atoms. The highest BCUT2D eigenvalue weighted by molar-refractivity contribution is 7.99. The second kappa shape index (κ2) is 9.28. The Morgan fingerprint density at radius 3 is 2.72 bits per heavy atom. The Kier molecular flexibility index (Phi) is 6.28. The van der Waals surface area contributed by atoms with Crippen LogP contribution in [0, 0.1) is 17.0 Å². The third-order valence-corrected chi connectivity index (χ3v) is 6.36. The molecule has 0 saturated heterocycles. The molecule has 1 N–H and O–H groups in total. The lowest BCUT2D eigenvalue weighted by Gasteiger charge is -2.04. The van der Waals surface area contributed by atoms with Gasteiger partial charge in [-0.25, -0.2) is 4.98 Å². The Balaban J connectivity index is 1.38. The summed E-state index contributed by atoms with van der Waals surface area (Å²) in [5, 5.41) is 25.0. The number of thioether (sulfide) groups is 1. The molecular formula is C21H18N6O3S2. The number of hydrogen-bond acceptors (Lipinski definition) is 8. The number of benzene rings is 2. The molecule has 1 amide bonds. The minimum absolute atomic E-state index is 0.0208. The van der Waals surface area contributed by atoms with Gasteiger partial charge in [-0.2, -0.15) is 0 Å². The van der Waals surface area contributed by atoms with Gasteiger partial charge in [-0.05, 0) is 6.92 Å². The second-order valence-corrected chi connectivity index (χ2v) is 8.71. The van der Waals surface area contributed by atoms with Gasteiger partial charge in [-0.15, -0.1) is 21.5 Å². The second-order valence-electron chi connectivity index (χ2n) is 6.91. The molecule has 0 aliphatic rings. The van der Waals surface area contributed by atoms with Gasteiger partial charge >= 0.3 is 0 Å². The molecule has 4 rings (SSSR count). The highest BCUT2D eigenvalue weighted by Gasteiger charge is 2.16. The third kappa shape index (κ3) is 4.84. The number of rotatable bonds is 7. The molecule has 0 aliphatic heterocycles. The van der Waals surface area contributed by atoms with Gasteiger partial charge in [-0.1, -0.05) is 53.7 Å². The van der Waals surface area contributed by atoms with Crippen LogP contribution in [0.2, 0.25) is 0 Å². The first-order valence-electron chi connectivity index (χ1n) is 9.50. The van der Waals surface area contributed by atoms with Crippen LogP contribution in [0.4, 0.5) is 10.8 Å². The van der Waals surface area contributed by atoms with Crippen molar-refractivity contribution in [2.45, 2.75) is 12.1 Å². The molecule has 32 heavy (non-hydrogen) atoms. The van der Waals surface area contributed by atoms with E-state index in [0.717, 1.165) is 11.3 Å². The molecule has 0 aliphatic carbocycles. The van der Waals surface area contributed by atoms with E-state index >= 15 is 0 Å². The number of nitrogens with one attached hydrogen (secondary N) is 1. The molecule has 162 valence electrons. The van der Waals surface area contributed by atoms with Crippen LogP contribution in [-0.2, 0) is 11.8 Å². The van der Waals surface area contributed by atoms with E-state index in [1.807, 2.05) is 36.6 Å². The van der Waals surface area contributed by atoms with Gasteiger partial charge in [0.25, 0.3) is 5.69 Å². The highest BCUT2D eigenvalue weighted by Crippen LogP contribution is 2.27. The van der Waals surface area contributed by atoms with E-state index in [-0.39, 0.29) is 17.3 Å². The molecule has 2 aromatic carbocycles. The minimum Gasteiger partial charge on any atom is -0.305 e. The molecule has 2 aromatic heterocycles. The Labute approximate surface area is 191 Å². The number of aryl methyl sites for hydroxylation is 1. The molecule has 0 spiro atoms. The standard InChI is InChI=1S/C21H18N6O3S2/c1-13-6-8-14(9-7-13)17-11-31-20(22-17)23-18(28)12-32-21-25-24-19(26(21)2)15-4-3-5-16(10-15)27(29)30/h3-11H,12H2,1-2H3,(H,22,23,28). The van der Waals surface area contributed by atoms with Gasteiger partial charge in [0.2, 0.25) is 5.91 Å². The lowest BCUT2D eigenvalue weighted by atomic mass is 10.1. The van der Waals surface area contributed by atoms with E-state index in [4.69, 9.17) is 0 Å². The van der Waals surface area contributed by atoms with E-state index in [0.29, 0.717) is 21.7 Å². The third-order valence-electron chi connectivity index (χ3n) is 4.58. The lowest BCUT2D eigenvalue weighted by molar-refractivity contribution is -0.384. The first-order valence-corrected chi connectivity index (χ1v) is 11.4. The van der Waals surface area contributed by atoms with Gasteiger partial charge < -0.3 is 9.88 Å². The first-order chi connectivity index (χ1) is 15.4. The van der Waals surface area contributed by atoms with Crippen molar-refractivity contribution in [1.82, 2.24) is 19.7 Å². The van der Waals surface area contributed by atoms with Crippen molar-refractivity contribution in [3.63, 3.8) is 0 Å². The number of hydrogen-bond donors (Lipinski definition) is 1. The van der Waals surface area contributed by atoms with Crippen LogP contribution < -0.4 is 5.32 Å². The van der Waals surface area contributed by atoms with Crippen LogP contribution in [0.3, 0.4) is 0 Å². The Morgan fingerprint density at radius 1 is 1.19 bits per heavy atom. The van der Waals surface area contributed by atoms with Crippen LogP contribution in [0.25, 0.3) is 22.6 Å². The Bertz CT molecular complexity index is 1280. The SMILES string of the molecule is Cc1ccc(-c2csc(NC(=O)CSc3nnc(-c4cccc([N+](=O)[O-])c4)n3C)n2)cc1. The number of carbonyl (C=O) groups excluding carboxylic acids is 1. The molecular weight excluding hydrogens is 448 g/mol. The van der Waals surface area contributed by atoms with Crippen LogP contribution in [0.5, 0.6) is 0 Å². The van der Waals surface area contributed by atoms with Crippen molar-refractivity contribution >= 4 is 39.8 Å². The van der Waals surface area contributed by atoms with Crippen molar-refractivity contribution in [1.29, 1.82) is 0 Å². The average Bonchev–Trinajstić information content (AvgIpc) is 3.39. The van der Waals surface area contributed by atoms with E-state index in [2.05, 4.69) is 20.5 Å². The Hall–Kier alpha value is -3.57. The summed E-state index contributed by atoms with van der Waals surface area (Å²) in [6, 6.07) is 14.2. The summed E-state index contributed by atoms with van der Waals surface area (Å²) in [6.07, 6.45) is 0. The van der Waals surface area contributed by atoms with Crippen molar-refractivity contribution in [2.75, 3.05) is 11.1 Å². The summed E-state index contributed by atoms with van der Waals surface area (Å²) >= 11 is 2.59. The number of non-ortho nitro benzene ring substituents is 1. The molecule has 0 radical (unpaired) electrons. The summed E-state index contributed by atoms with van der Waals surface area (Å²) in [4.78, 5) is 27.4. The smallest absolute Gasteiger partial charge is 0.270 e. The molecule has 4 aromatic rings. The van der Waals surface area contributed by atoms with Gasteiger partial charge in [0.05, 0.1) is 16.4 Å². The zero-order valence-electron chi connectivity index (χ0n) is 17.2. The van der Waals surface area contributed by atoms with E-state index in [9.17, 15) is 14.9 Å². The zero-order valence-corrected chi connectivity index (χ0v) is 18.8. The number of aromatic nitrogens is 4. The van der Waals surface area contributed by atoms with Gasteiger partial charge in [0.15, 0.2) is 16.1 Å². The topological polar surface area (TPSA) is 116 Å². The van der Waals surface area contributed by atoms with Gasteiger partial charge in [0, 0.05) is 35.7 Å². The zero-order chi connectivity index (χ0) is 22.7. The maximum atomic E-state index is 12.4. The molecule has 0 fully saturated rings. The fraction of sp³-hybridized carbons (Fsp3) is 0.143. The fourth-order valence-electron chi connectivity index (χ4n) is 2.92. The van der Waals surface area contributed by atoms with Crippen molar-refractivity contribution in [3.05, 3.63) is 69.6 Å². The fourth-order valence-corrected chi connectivity index (χ4v) is 4.37. The van der Waals surface area contributed by atoms with E-state index in [1.54, 1.807) is 23.7 Å². The molecule has 0 saturated carbocycles. The number of nitro groups is 1.